The van der Waals surface area contributed by atoms with Crippen LogP contribution in [0.1, 0.15) is 155 Å². The summed E-state index contributed by atoms with van der Waals surface area (Å²) in [5.74, 6) is -1.23. The van der Waals surface area contributed by atoms with Crippen molar-refractivity contribution < 1.29 is 47.5 Å². The van der Waals surface area contributed by atoms with Crippen molar-refractivity contribution in [2.45, 2.75) is 167 Å². The average molecular weight is 822 g/mol. The Kier molecular flexibility index (Phi) is 32.4. The summed E-state index contributed by atoms with van der Waals surface area (Å²) in [6.07, 6.45) is 38.8. The lowest BCUT2D eigenvalue weighted by Gasteiger charge is -2.19. The van der Waals surface area contributed by atoms with E-state index in [9.17, 15) is 28.9 Å². The number of aliphatic hydroxyl groups excluding tert-OH is 1. The van der Waals surface area contributed by atoms with Gasteiger partial charge in [0.1, 0.15) is 6.61 Å². The number of aliphatic hydroxyl groups is 1. The van der Waals surface area contributed by atoms with Crippen LogP contribution in [-0.4, -0.2) is 66.3 Å². The number of unbranched alkanes of at least 4 members (excludes halogenated alkanes) is 13. The highest BCUT2D eigenvalue weighted by Gasteiger charge is 2.27. The van der Waals surface area contributed by atoms with Crippen molar-refractivity contribution in [1.29, 1.82) is 0 Å². The number of nitrogens with two attached hydrogens (primary N) is 1. The molecule has 1 unspecified atom stereocenters. The number of hydrogen-bond acceptors (Lipinski definition) is 10. The summed E-state index contributed by atoms with van der Waals surface area (Å²) in [6.45, 7) is 3.35. The normalized spacial score (nSPS) is 18.0. The number of esters is 2. The number of carbonyl (C=O) groups is 3. The molecule has 1 aliphatic carbocycles. The number of allylic oxidation sites excluding steroid dienone is 9. The van der Waals surface area contributed by atoms with E-state index < -0.39 is 38.6 Å². The highest BCUT2D eigenvalue weighted by molar-refractivity contribution is 7.47. The van der Waals surface area contributed by atoms with Gasteiger partial charge in [-0.15, -0.1) is 0 Å². The Morgan fingerprint density at radius 3 is 2.11 bits per heavy atom. The summed E-state index contributed by atoms with van der Waals surface area (Å²) in [7, 11) is -4.44. The van der Waals surface area contributed by atoms with Crippen LogP contribution in [0, 0.1) is 11.8 Å². The van der Waals surface area contributed by atoms with Gasteiger partial charge in [0.15, 0.2) is 11.9 Å². The second-order valence-electron chi connectivity index (χ2n) is 14.9. The molecule has 1 rings (SSSR count). The van der Waals surface area contributed by atoms with Crippen LogP contribution in [0.15, 0.2) is 60.8 Å². The van der Waals surface area contributed by atoms with Gasteiger partial charge in [-0.2, -0.15) is 0 Å². The molecule has 0 amide bonds. The van der Waals surface area contributed by atoms with Crippen molar-refractivity contribution in [3.05, 3.63) is 60.8 Å². The summed E-state index contributed by atoms with van der Waals surface area (Å²) < 4.78 is 32.7. The summed E-state index contributed by atoms with van der Waals surface area (Å²) in [4.78, 5) is 47.4. The van der Waals surface area contributed by atoms with Crippen LogP contribution in [0.3, 0.4) is 0 Å². The molecule has 12 heteroatoms. The van der Waals surface area contributed by atoms with E-state index in [0.717, 1.165) is 51.4 Å². The van der Waals surface area contributed by atoms with Gasteiger partial charge in [0.2, 0.25) is 0 Å². The van der Waals surface area contributed by atoms with Gasteiger partial charge in [-0.3, -0.25) is 23.4 Å². The minimum atomic E-state index is -4.44. The van der Waals surface area contributed by atoms with Crippen molar-refractivity contribution in [1.82, 2.24) is 0 Å². The van der Waals surface area contributed by atoms with Gasteiger partial charge in [0.25, 0.3) is 0 Å². The Balaban J connectivity index is 2.37. The third-order valence-electron chi connectivity index (χ3n) is 9.62. The van der Waals surface area contributed by atoms with Crippen molar-refractivity contribution in [2.24, 2.45) is 17.6 Å². The molecule has 5 atom stereocenters. The van der Waals surface area contributed by atoms with E-state index in [-0.39, 0.29) is 50.2 Å². The Hall–Kier alpha value is -2.66. The van der Waals surface area contributed by atoms with Crippen LogP contribution in [0.5, 0.6) is 0 Å². The summed E-state index contributed by atoms with van der Waals surface area (Å²) in [5, 5.41) is 10.2. The zero-order valence-corrected chi connectivity index (χ0v) is 36.0. The third-order valence-corrected chi connectivity index (χ3v) is 10.6. The van der Waals surface area contributed by atoms with Gasteiger partial charge in [0.05, 0.1) is 19.3 Å². The summed E-state index contributed by atoms with van der Waals surface area (Å²) in [5.41, 5.74) is 5.34. The molecule has 0 aromatic carbocycles. The predicted octanol–water partition coefficient (Wildman–Crippen LogP) is 10.1. The molecule has 4 N–H and O–H groups in total. The standard InChI is InChI=1S/C45H76NO10P/c1-3-5-7-8-9-10-11-12-13-14-15-16-17-18-19-20-25-29-44(49)53-37-41(38-55-57(51,52)54-36-35-46)56-45(50)30-26-22-21-24-27-39-31-34-43(48)42(39)33-32-40(47)28-23-6-4-2/h9-10,12-13,21,24,31-34,39-42,47H,3-8,11,14-20,22-23,25-30,35-38,46H2,1-2H3,(H,51,52)/b10-9-,13-12-,24-21-,33-32+/t39-,40-,41+,42+/m0/s1. The Morgan fingerprint density at radius 2 is 1.40 bits per heavy atom. The quantitative estimate of drug-likeness (QED) is 0.0236. The van der Waals surface area contributed by atoms with E-state index in [0.29, 0.717) is 32.1 Å². The lowest BCUT2D eigenvalue weighted by molar-refractivity contribution is -0.161. The molecule has 0 aromatic heterocycles. The van der Waals surface area contributed by atoms with Gasteiger partial charge in [-0.05, 0) is 76.2 Å². The first-order valence-electron chi connectivity index (χ1n) is 21.8. The fourth-order valence-electron chi connectivity index (χ4n) is 6.24. The lowest BCUT2D eigenvalue weighted by Crippen LogP contribution is -2.29. The maximum absolute atomic E-state index is 12.7. The molecule has 0 saturated carbocycles. The molecule has 0 aromatic rings. The Bertz CT molecular complexity index is 1260. The highest BCUT2D eigenvalue weighted by Crippen LogP contribution is 2.43. The van der Waals surface area contributed by atoms with E-state index in [4.69, 9.17) is 24.3 Å². The average Bonchev–Trinajstić information content (AvgIpc) is 3.54. The number of ether oxygens (including phenoxy) is 2. The number of phosphoric acid groups is 1. The fraction of sp³-hybridized carbons (Fsp3) is 0.711. The molecule has 0 bridgehead atoms. The van der Waals surface area contributed by atoms with Crippen LogP contribution in [0.4, 0.5) is 0 Å². The monoisotopic (exact) mass is 822 g/mol. The van der Waals surface area contributed by atoms with E-state index in [1.807, 2.05) is 24.3 Å². The van der Waals surface area contributed by atoms with Gasteiger partial charge < -0.3 is 25.2 Å². The molecular weight excluding hydrogens is 745 g/mol. The second-order valence-corrected chi connectivity index (χ2v) is 16.3. The minimum Gasteiger partial charge on any atom is -0.462 e. The molecular formula is C45H76NO10P. The van der Waals surface area contributed by atoms with Crippen LogP contribution in [0.25, 0.3) is 0 Å². The van der Waals surface area contributed by atoms with Crippen molar-refractivity contribution >= 4 is 25.5 Å². The van der Waals surface area contributed by atoms with Crippen LogP contribution < -0.4 is 5.73 Å². The first kappa shape index (κ1) is 52.4. The number of carbonyl (C=O) groups excluding carboxylic acids is 3. The van der Waals surface area contributed by atoms with Crippen molar-refractivity contribution in [3.63, 3.8) is 0 Å². The van der Waals surface area contributed by atoms with Crippen LogP contribution in [-0.2, 0) is 37.5 Å². The molecule has 0 fully saturated rings. The van der Waals surface area contributed by atoms with Gasteiger partial charge in [0, 0.05) is 25.3 Å². The largest absolute Gasteiger partial charge is 0.472 e. The van der Waals surface area contributed by atoms with Crippen LogP contribution >= 0.6 is 7.82 Å². The highest BCUT2D eigenvalue weighted by atomic mass is 31.2. The van der Waals surface area contributed by atoms with Crippen molar-refractivity contribution in [2.75, 3.05) is 26.4 Å². The Morgan fingerprint density at radius 1 is 0.789 bits per heavy atom. The lowest BCUT2D eigenvalue weighted by atomic mass is 9.90. The molecule has 0 aliphatic heterocycles. The Labute approximate surface area is 344 Å². The summed E-state index contributed by atoms with van der Waals surface area (Å²) in [6, 6.07) is 0. The molecule has 0 spiro atoms. The van der Waals surface area contributed by atoms with E-state index in [1.54, 1.807) is 12.2 Å². The van der Waals surface area contributed by atoms with Crippen molar-refractivity contribution in [3.8, 4) is 0 Å². The minimum absolute atomic E-state index is 0.0167. The summed E-state index contributed by atoms with van der Waals surface area (Å²) >= 11 is 0. The van der Waals surface area contributed by atoms with Gasteiger partial charge in [-0.25, -0.2) is 4.57 Å². The molecule has 326 valence electrons. The molecule has 0 radical (unpaired) electrons. The molecule has 11 nitrogen and oxygen atoms in total. The third kappa shape index (κ3) is 30.1. The first-order chi connectivity index (χ1) is 27.6. The number of ketones is 1. The van der Waals surface area contributed by atoms with Crippen LogP contribution in [0.2, 0.25) is 0 Å². The first-order valence-corrected chi connectivity index (χ1v) is 23.3. The molecule has 0 heterocycles. The maximum Gasteiger partial charge on any atom is 0.472 e. The predicted molar refractivity (Wildman–Crippen MR) is 228 cm³/mol. The van der Waals surface area contributed by atoms with E-state index >= 15 is 0 Å². The van der Waals surface area contributed by atoms with E-state index in [2.05, 4.69) is 38.2 Å². The number of phosphoric ester groups is 1. The second kappa shape index (κ2) is 35.3. The topological polar surface area (TPSA) is 172 Å². The smallest absolute Gasteiger partial charge is 0.462 e. The zero-order valence-electron chi connectivity index (χ0n) is 35.2. The SMILES string of the molecule is CCCCC/C=C\C/C=C\CCCCCCCCCC(=O)OC[C@H](COP(=O)(O)OCCN)OC(=O)CCC/C=C\C[C@H]1C=CC(=O)[C@@H]1/C=C/[C@@H](O)CCCCC. The van der Waals surface area contributed by atoms with Gasteiger partial charge >= 0.3 is 19.8 Å². The zero-order chi connectivity index (χ0) is 41.8. The van der Waals surface area contributed by atoms with E-state index in [1.165, 1.54) is 44.9 Å². The molecule has 1 aliphatic rings. The number of hydrogen-bond donors (Lipinski definition) is 3. The van der Waals surface area contributed by atoms with Gasteiger partial charge in [-0.1, -0.05) is 133 Å². The number of rotatable bonds is 37. The maximum atomic E-state index is 12.7. The fourth-order valence-corrected chi connectivity index (χ4v) is 7.01. The molecule has 0 saturated heterocycles. The molecule has 57 heavy (non-hydrogen) atoms.